The molecule has 0 saturated heterocycles. The van der Waals surface area contributed by atoms with E-state index in [9.17, 15) is 4.79 Å². The highest BCUT2D eigenvalue weighted by atomic mass is 32.1. The van der Waals surface area contributed by atoms with E-state index in [1.165, 1.54) is 16.2 Å². The zero-order valence-corrected chi connectivity index (χ0v) is 10.6. The molecule has 0 atom stereocenters. The van der Waals surface area contributed by atoms with Gasteiger partial charge < -0.3 is 4.90 Å². The number of rotatable bonds is 5. The van der Waals surface area contributed by atoms with Gasteiger partial charge in [0.1, 0.15) is 0 Å². The minimum atomic E-state index is 0.680. The number of hydrogen-bond acceptors (Lipinski definition) is 5. The van der Waals surface area contributed by atoms with Gasteiger partial charge >= 0.3 is 0 Å². The average Bonchev–Trinajstić information content (AvgIpc) is 2.96. The quantitative estimate of drug-likeness (QED) is 0.767. The SMILES string of the molecule is CCN(Cc1cccs1)c1ncc(C=O)s1. The van der Waals surface area contributed by atoms with Gasteiger partial charge in [0, 0.05) is 11.4 Å². The molecule has 0 radical (unpaired) electrons. The molecule has 84 valence electrons. The van der Waals surface area contributed by atoms with Gasteiger partial charge in [0.2, 0.25) is 0 Å². The third-order valence-electron chi connectivity index (χ3n) is 2.21. The smallest absolute Gasteiger partial charge is 0.186 e. The zero-order chi connectivity index (χ0) is 11.4. The van der Waals surface area contributed by atoms with Gasteiger partial charge in [-0.05, 0) is 18.4 Å². The second-order valence-electron chi connectivity index (χ2n) is 3.26. The van der Waals surface area contributed by atoms with Crippen LogP contribution >= 0.6 is 22.7 Å². The van der Waals surface area contributed by atoms with E-state index in [2.05, 4.69) is 28.3 Å². The van der Waals surface area contributed by atoms with E-state index < -0.39 is 0 Å². The van der Waals surface area contributed by atoms with Crippen molar-refractivity contribution in [2.75, 3.05) is 11.4 Å². The molecule has 2 aromatic rings. The van der Waals surface area contributed by atoms with Crippen LogP contribution in [0.25, 0.3) is 0 Å². The molecule has 0 aliphatic carbocycles. The standard InChI is InChI=1S/C11H12N2OS2/c1-2-13(7-9-4-3-5-15-9)11-12-6-10(8-14)16-11/h3-6,8H,2,7H2,1H3. The lowest BCUT2D eigenvalue weighted by Gasteiger charge is -2.18. The van der Waals surface area contributed by atoms with Gasteiger partial charge in [-0.25, -0.2) is 4.98 Å². The predicted octanol–water partition coefficient (Wildman–Crippen LogP) is 3.04. The fourth-order valence-corrected chi connectivity index (χ4v) is 2.89. The summed E-state index contributed by atoms with van der Waals surface area (Å²) in [5, 5.41) is 2.99. The number of carbonyl (C=O) groups excluding carboxylic acids is 1. The lowest BCUT2D eigenvalue weighted by Crippen LogP contribution is -2.20. The van der Waals surface area contributed by atoms with Crippen LogP contribution in [0.3, 0.4) is 0 Å². The maximum atomic E-state index is 10.6. The monoisotopic (exact) mass is 252 g/mol. The third kappa shape index (κ3) is 2.48. The summed E-state index contributed by atoms with van der Waals surface area (Å²) in [6, 6.07) is 4.16. The van der Waals surface area contributed by atoms with Crippen molar-refractivity contribution in [3.63, 3.8) is 0 Å². The number of aromatic nitrogens is 1. The van der Waals surface area contributed by atoms with E-state index in [1.54, 1.807) is 17.5 Å². The fourth-order valence-electron chi connectivity index (χ4n) is 1.38. The molecule has 0 aliphatic rings. The molecule has 0 aromatic carbocycles. The minimum absolute atomic E-state index is 0.680. The normalized spacial score (nSPS) is 10.3. The van der Waals surface area contributed by atoms with Gasteiger partial charge in [-0.15, -0.1) is 11.3 Å². The van der Waals surface area contributed by atoms with Crippen LogP contribution < -0.4 is 4.90 Å². The van der Waals surface area contributed by atoms with E-state index in [-0.39, 0.29) is 0 Å². The summed E-state index contributed by atoms with van der Waals surface area (Å²) in [7, 11) is 0. The van der Waals surface area contributed by atoms with Crippen LogP contribution in [0.5, 0.6) is 0 Å². The van der Waals surface area contributed by atoms with E-state index in [0.717, 1.165) is 24.5 Å². The van der Waals surface area contributed by atoms with Crippen LogP contribution in [0.2, 0.25) is 0 Å². The maximum Gasteiger partial charge on any atom is 0.186 e. The Morgan fingerprint density at radius 1 is 1.56 bits per heavy atom. The van der Waals surface area contributed by atoms with Crippen molar-refractivity contribution in [2.45, 2.75) is 13.5 Å². The van der Waals surface area contributed by atoms with Crippen LogP contribution in [-0.2, 0) is 6.54 Å². The summed E-state index contributed by atoms with van der Waals surface area (Å²) >= 11 is 3.18. The Labute approximate surface area is 102 Å². The maximum absolute atomic E-state index is 10.6. The molecule has 0 saturated carbocycles. The summed E-state index contributed by atoms with van der Waals surface area (Å²) in [6.07, 6.45) is 2.48. The number of hydrogen-bond donors (Lipinski definition) is 0. The summed E-state index contributed by atoms with van der Waals surface area (Å²) < 4.78 is 0. The third-order valence-corrected chi connectivity index (χ3v) is 4.05. The van der Waals surface area contributed by atoms with Gasteiger partial charge in [-0.2, -0.15) is 0 Å². The van der Waals surface area contributed by atoms with Crippen molar-refractivity contribution in [1.82, 2.24) is 4.98 Å². The van der Waals surface area contributed by atoms with E-state index in [4.69, 9.17) is 0 Å². The molecule has 5 heteroatoms. The Morgan fingerprint density at radius 3 is 3.00 bits per heavy atom. The summed E-state index contributed by atoms with van der Waals surface area (Å²) in [5.41, 5.74) is 0. The minimum Gasteiger partial charge on any atom is -0.343 e. The number of anilines is 1. The van der Waals surface area contributed by atoms with Gasteiger partial charge in [-0.1, -0.05) is 17.4 Å². The molecule has 2 aromatic heterocycles. The predicted molar refractivity (Wildman–Crippen MR) is 68.5 cm³/mol. The molecule has 16 heavy (non-hydrogen) atoms. The Morgan fingerprint density at radius 2 is 2.44 bits per heavy atom. The number of carbonyl (C=O) groups is 1. The van der Waals surface area contributed by atoms with Gasteiger partial charge in [0.05, 0.1) is 17.6 Å². The second-order valence-corrected chi connectivity index (χ2v) is 5.33. The topological polar surface area (TPSA) is 33.2 Å². The first-order valence-corrected chi connectivity index (χ1v) is 6.71. The molecule has 0 unspecified atom stereocenters. The zero-order valence-electron chi connectivity index (χ0n) is 8.92. The van der Waals surface area contributed by atoms with Gasteiger partial charge in [-0.3, -0.25) is 4.79 Å². The molecule has 0 bridgehead atoms. The van der Waals surface area contributed by atoms with Crippen molar-refractivity contribution in [3.05, 3.63) is 33.5 Å². The van der Waals surface area contributed by atoms with Crippen molar-refractivity contribution in [1.29, 1.82) is 0 Å². The summed E-state index contributed by atoms with van der Waals surface area (Å²) in [6.45, 7) is 3.85. The lowest BCUT2D eigenvalue weighted by atomic mass is 10.4. The molecule has 0 spiro atoms. The molecule has 3 nitrogen and oxygen atoms in total. The van der Waals surface area contributed by atoms with Gasteiger partial charge in [0.15, 0.2) is 11.4 Å². The van der Waals surface area contributed by atoms with Crippen molar-refractivity contribution >= 4 is 34.1 Å². The number of nitrogens with zero attached hydrogens (tertiary/aromatic N) is 2. The lowest BCUT2D eigenvalue weighted by molar-refractivity contribution is 0.112. The Hall–Kier alpha value is -1.20. The molecule has 0 aliphatic heterocycles. The first kappa shape index (κ1) is 11.3. The van der Waals surface area contributed by atoms with Crippen molar-refractivity contribution in [3.8, 4) is 0 Å². The fraction of sp³-hybridized carbons (Fsp3) is 0.273. The van der Waals surface area contributed by atoms with Gasteiger partial charge in [0.25, 0.3) is 0 Å². The van der Waals surface area contributed by atoms with Crippen LogP contribution in [0.4, 0.5) is 5.13 Å². The summed E-state index contributed by atoms with van der Waals surface area (Å²) in [4.78, 5) is 19.0. The highest BCUT2D eigenvalue weighted by Gasteiger charge is 2.10. The van der Waals surface area contributed by atoms with Crippen LogP contribution in [0.1, 0.15) is 21.5 Å². The van der Waals surface area contributed by atoms with Crippen molar-refractivity contribution in [2.24, 2.45) is 0 Å². The van der Waals surface area contributed by atoms with E-state index in [0.29, 0.717) is 4.88 Å². The highest BCUT2D eigenvalue weighted by Crippen LogP contribution is 2.23. The second kappa shape index (κ2) is 5.23. The molecule has 0 amide bonds. The molecule has 0 fully saturated rings. The first-order chi connectivity index (χ1) is 7.83. The van der Waals surface area contributed by atoms with Crippen LogP contribution in [0.15, 0.2) is 23.7 Å². The number of aldehydes is 1. The van der Waals surface area contributed by atoms with Crippen molar-refractivity contribution < 1.29 is 4.79 Å². The average molecular weight is 252 g/mol. The highest BCUT2D eigenvalue weighted by molar-refractivity contribution is 7.17. The van der Waals surface area contributed by atoms with Crippen LogP contribution in [-0.4, -0.2) is 17.8 Å². The number of thiazole rings is 1. The van der Waals surface area contributed by atoms with Crippen LogP contribution in [0, 0.1) is 0 Å². The molecule has 2 rings (SSSR count). The van der Waals surface area contributed by atoms with E-state index in [1.807, 2.05) is 6.07 Å². The number of thiophene rings is 1. The molecule has 2 heterocycles. The Bertz CT molecular complexity index is 450. The molecular weight excluding hydrogens is 240 g/mol. The largest absolute Gasteiger partial charge is 0.343 e. The summed E-state index contributed by atoms with van der Waals surface area (Å²) in [5.74, 6) is 0. The molecular formula is C11H12N2OS2. The molecule has 0 N–H and O–H groups in total. The first-order valence-electron chi connectivity index (χ1n) is 5.01. The van der Waals surface area contributed by atoms with E-state index >= 15 is 0 Å². The Kier molecular flexibility index (Phi) is 3.69. The Balaban J connectivity index is 2.12.